The minimum atomic E-state index is -0.384. The molecule has 0 N–H and O–H groups in total. The first-order chi connectivity index (χ1) is 12.2. The molecule has 0 unspecified atom stereocenters. The molecule has 3 rings (SSSR count). The molecule has 0 bridgehead atoms. The summed E-state index contributed by atoms with van der Waals surface area (Å²) < 4.78 is 0. The maximum atomic E-state index is 11.1. The molecule has 0 aliphatic rings. The Kier molecular flexibility index (Phi) is 5.26. The van der Waals surface area contributed by atoms with Crippen molar-refractivity contribution in [1.29, 1.82) is 0 Å². The molecule has 0 amide bonds. The van der Waals surface area contributed by atoms with Crippen molar-refractivity contribution in [1.82, 2.24) is 4.98 Å². The highest BCUT2D eigenvalue weighted by atomic mass is 16.6. The summed E-state index contributed by atoms with van der Waals surface area (Å²) >= 11 is 0. The molecule has 5 heteroatoms. The predicted octanol–water partition coefficient (Wildman–Crippen LogP) is 4.20. The molecule has 25 heavy (non-hydrogen) atoms. The number of nitro groups is 1. The van der Waals surface area contributed by atoms with Crippen LogP contribution in [0, 0.1) is 10.1 Å². The lowest BCUT2D eigenvalue weighted by molar-refractivity contribution is -0.384. The number of benzene rings is 2. The van der Waals surface area contributed by atoms with Crippen LogP contribution in [0.15, 0.2) is 78.0 Å². The summed E-state index contributed by atoms with van der Waals surface area (Å²) in [7, 11) is 0. The third-order valence-corrected chi connectivity index (χ3v) is 3.83. The standard InChI is InChI=1S/C20H17N3O2/c24-23(25)20-7-6-18(12-16-8-10-21-11-9-16)19(13-20)15-22-14-17-4-2-1-3-5-17/h1-11,13,15H,12,14H2/b22-15+. The lowest BCUT2D eigenvalue weighted by Crippen LogP contribution is -1.98. The summed E-state index contributed by atoms with van der Waals surface area (Å²) in [5, 5.41) is 11.1. The Hall–Kier alpha value is -3.34. The van der Waals surface area contributed by atoms with Crippen LogP contribution in [0.3, 0.4) is 0 Å². The van der Waals surface area contributed by atoms with Gasteiger partial charge in [0, 0.05) is 36.3 Å². The molecule has 0 atom stereocenters. The Bertz CT molecular complexity index is 878. The fourth-order valence-electron chi connectivity index (χ4n) is 2.53. The highest BCUT2D eigenvalue weighted by Crippen LogP contribution is 2.19. The van der Waals surface area contributed by atoms with Crippen molar-refractivity contribution in [2.45, 2.75) is 13.0 Å². The van der Waals surface area contributed by atoms with Crippen molar-refractivity contribution >= 4 is 11.9 Å². The van der Waals surface area contributed by atoms with Gasteiger partial charge < -0.3 is 0 Å². The quantitative estimate of drug-likeness (QED) is 0.386. The van der Waals surface area contributed by atoms with Crippen LogP contribution in [0.5, 0.6) is 0 Å². The second kappa shape index (κ2) is 7.97. The molecular weight excluding hydrogens is 314 g/mol. The lowest BCUT2D eigenvalue weighted by atomic mass is 10.0. The number of aliphatic imine (C=N–C) groups is 1. The van der Waals surface area contributed by atoms with Crippen LogP contribution >= 0.6 is 0 Å². The van der Waals surface area contributed by atoms with Gasteiger partial charge in [0.1, 0.15) is 0 Å². The number of nitro benzene ring substituents is 1. The zero-order valence-electron chi connectivity index (χ0n) is 13.6. The topological polar surface area (TPSA) is 68.4 Å². The maximum absolute atomic E-state index is 11.1. The molecule has 1 aromatic heterocycles. The number of hydrogen-bond donors (Lipinski definition) is 0. The second-order valence-electron chi connectivity index (χ2n) is 5.63. The van der Waals surface area contributed by atoms with E-state index in [0.29, 0.717) is 13.0 Å². The van der Waals surface area contributed by atoms with Gasteiger partial charge in [0.2, 0.25) is 0 Å². The fourth-order valence-corrected chi connectivity index (χ4v) is 2.53. The van der Waals surface area contributed by atoms with E-state index >= 15 is 0 Å². The minimum Gasteiger partial charge on any atom is -0.288 e. The van der Waals surface area contributed by atoms with E-state index in [9.17, 15) is 10.1 Å². The van der Waals surface area contributed by atoms with Gasteiger partial charge in [-0.3, -0.25) is 20.1 Å². The molecule has 124 valence electrons. The molecule has 0 saturated heterocycles. The monoisotopic (exact) mass is 331 g/mol. The molecule has 0 saturated carbocycles. The van der Waals surface area contributed by atoms with Crippen LogP contribution < -0.4 is 0 Å². The van der Waals surface area contributed by atoms with Crippen molar-refractivity contribution in [3.63, 3.8) is 0 Å². The van der Waals surface area contributed by atoms with Gasteiger partial charge in [-0.15, -0.1) is 0 Å². The Labute approximate surface area is 145 Å². The van der Waals surface area contributed by atoms with Crippen molar-refractivity contribution in [2.75, 3.05) is 0 Å². The van der Waals surface area contributed by atoms with E-state index in [-0.39, 0.29) is 10.6 Å². The second-order valence-corrected chi connectivity index (χ2v) is 5.63. The molecule has 0 spiro atoms. The molecule has 0 fully saturated rings. The number of nitrogens with zero attached hydrogens (tertiary/aromatic N) is 3. The Balaban J connectivity index is 1.86. The maximum Gasteiger partial charge on any atom is 0.270 e. The van der Waals surface area contributed by atoms with Gasteiger partial charge in [-0.2, -0.15) is 0 Å². The van der Waals surface area contributed by atoms with Crippen molar-refractivity contribution in [2.24, 2.45) is 4.99 Å². The highest BCUT2D eigenvalue weighted by Gasteiger charge is 2.10. The third kappa shape index (κ3) is 4.57. The van der Waals surface area contributed by atoms with E-state index < -0.39 is 0 Å². The third-order valence-electron chi connectivity index (χ3n) is 3.83. The van der Waals surface area contributed by atoms with Crippen LogP contribution in [-0.2, 0) is 13.0 Å². The predicted molar refractivity (Wildman–Crippen MR) is 97.9 cm³/mol. The van der Waals surface area contributed by atoms with Crippen LogP contribution in [0.1, 0.15) is 22.3 Å². The van der Waals surface area contributed by atoms with E-state index in [4.69, 9.17) is 0 Å². The number of hydrogen-bond acceptors (Lipinski definition) is 4. The molecule has 5 nitrogen and oxygen atoms in total. The highest BCUT2D eigenvalue weighted by molar-refractivity contribution is 5.83. The average Bonchev–Trinajstić information content (AvgIpc) is 2.64. The molecule has 0 aliphatic carbocycles. The molecule has 0 aliphatic heterocycles. The SMILES string of the molecule is O=[N+]([O-])c1ccc(Cc2ccncc2)c(/C=N/Cc2ccccc2)c1. The normalized spacial score (nSPS) is 10.9. The number of pyridine rings is 1. The largest absolute Gasteiger partial charge is 0.288 e. The first-order valence-electron chi connectivity index (χ1n) is 7.92. The van der Waals surface area contributed by atoms with Gasteiger partial charge in [0.05, 0.1) is 11.5 Å². The van der Waals surface area contributed by atoms with Gasteiger partial charge in [0.15, 0.2) is 0 Å². The van der Waals surface area contributed by atoms with Crippen LogP contribution in [-0.4, -0.2) is 16.1 Å². The summed E-state index contributed by atoms with van der Waals surface area (Å²) in [5.41, 5.74) is 4.02. The van der Waals surface area contributed by atoms with Crippen molar-refractivity contribution in [3.05, 3.63) is 105 Å². The van der Waals surface area contributed by atoms with Gasteiger partial charge >= 0.3 is 0 Å². The summed E-state index contributed by atoms with van der Waals surface area (Å²) in [5.74, 6) is 0. The minimum absolute atomic E-state index is 0.0691. The first-order valence-corrected chi connectivity index (χ1v) is 7.92. The van der Waals surface area contributed by atoms with E-state index in [0.717, 1.165) is 22.3 Å². The molecular formula is C20H17N3O2. The summed E-state index contributed by atoms with van der Waals surface area (Å²) in [6.45, 7) is 0.540. The van der Waals surface area contributed by atoms with Gasteiger partial charge in [-0.1, -0.05) is 36.4 Å². The van der Waals surface area contributed by atoms with Gasteiger partial charge in [0.25, 0.3) is 5.69 Å². The Morgan fingerprint density at radius 2 is 1.76 bits per heavy atom. The van der Waals surface area contributed by atoms with Gasteiger partial charge in [-0.25, -0.2) is 0 Å². The van der Waals surface area contributed by atoms with E-state index in [1.54, 1.807) is 30.7 Å². The van der Waals surface area contributed by atoms with E-state index in [1.165, 1.54) is 6.07 Å². The van der Waals surface area contributed by atoms with Crippen molar-refractivity contribution in [3.8, 4) is 0 Å². The van der Waals surface area contributed by atoms with Crippen molar-refractivity contribution < 1.29 is 4.92 Å². The zero-order valence-corrected chi connectivity index (χ0v) is 13.6. The first kappa shape index (κ1) is 16.5. The number of non-ortho nitro benzene ring substituents is 1. The summed E-state index contributed by atoms with van der Waals surface area (Å²) in [4.78, 5) is 19.2. The Morgan fingerprint density at radius 3 is 2.48 bits per heavy atom. The number of rotatable bonds is 6. The molecule has 0 radical (unpaired) electrons. The molecule has 1 heterocycles. The number of aromatic nitrogens is 1. The Morgan fingerprint density at radius 1 is 1.00 bits per heavy atom. The summed E-state index contributed by atoms with van der Waals surface area (Å²) in [6, 6.07) is 18.7. The molecule has 3 aromatic rings. The summed E-state index contributed by atoms with van der Waals surface area (Å²) in [6.07, 6.45) is 5.87. The molecule has 2 aromatic carbocycles. The fraction of sp³-hybridized carbons (Fsp3) is 0.100. The lowest BCUT2D eigenvalue weighted by Gasteiger charge is -2.06. The van der Waals surface area contributed by atoms with Crippen LogP contribution in [0.2, 0.25) is 0 Å². The van der Waals surface area contributed by atoms with Crippen LogP contribution in [0.25, 0.3) is 0 Å². The zero-order chi connectivity index (χ0) is 17.5. The van der Waals surface area contributed by atoms with Gasteiger partial charge in [-0.05, 0) is 35.2 Å². The van der Waals surface area contributed by atoms with Crippen LogP contribution in [0.4, 0.5) is 5.69 Å². The van der Waals surface area contributed by atoms with E-state index in [1.807, 2.05) is 42.5 Å². The van der Waals surface area contributed by atoms with E-state index in [2.05, 4.69) is 9.98 Å². The smallest absolute Gasteiger partial charge is 0.270 e. The average molecular weight is 331 g/mol.